The largest absolute Gasteiger partial charge is 0.497 e. The first kappa shape index (κ1) is 14.3. The van der Waals surface area contributed by atoms with Crippen molar-refractivity contribution in [3.63, 3.8) is 0 Å². The van der Waals surface area contributed by atoms with E-state index in [1.54, 1.807) is 14.2 Å². The summed E-state index contributed by atoms with van der Waals surface area (Å²) in [5.41, 5.74) is 2.76. The van der Waals surface area contributed by atoms with Gasteiger partial charge < -0.3 is 19.9 Å². The zero-order valence-electron chi connectivity index (χ0n) is 11.7. The van der Waals surface area contributed by atoms with Gasteiger partial charge >= 0.3 is 0 Å². The average Bonchev–Trinajstić information content (AvgIpc) is 2.44. The molecule has 106 valence electrons. The summed E-state index contributed by atoms with van der Waals surface area (Å²) in [6, 6.07) is 6.72. The molecule has 0 saturated carbocycles. The third kappa shape index (κ3) is 3.93. The van der Waals surface area contributed by atoms with Gasteiger partial charge in [-0.05, 0) is 42.5 Å². The minimum absolute atomic E-state index is 0.379. The lowest BCUT2D eigenvalue weighted by Crippen LogP contribution is -2.40. The first-order valence-corrected chi connectivity index (χ1v) is 6.79. The number of fused-ring (bicyclic) bond motifs is 1. The van der Waals surface area contributed by atoms with Crippen LogP contribution in [0.4, 0.5) is 0 Å². The number of aryl methyl sites for hydroxylation is 1. The second-order valence-corrected chi connectivity index (χ2v) is 5.09. The van der Waals surface area contributed by atoms with Crippen LogP contribution in [0.1, 0.15) is 17.5 Å². The summed E-state index contributed by atoms with van der Waals surface area (Å²) in [5, 5.41) is 13.1. The summed E-state index contributed by atoms with van der Waals surface area (Å²) < 4.78 is 10.2. The van der Waals surface area contributed by atoms with E-state index in [1.165, 1.54) is 11.1 Å². The molecule has 1 aromatic rings. The zero-order chi connectivity index (χ0) is 13.7. The number of rotatable bonds is 6. The second kappa shape index (κ2) is 6.89. The molecule has 4 heteroatoms. The highest BCUT2D eigenvalue weighted by Gasteiger charge is 2.19. The Balaban J connectivity index is 1.90. The molecule has 1 aromatic carbocycles. The predicted molar refractivity (Wildman–Crippen MR) is 74.7 cm³/mol. The van der Waals surface area contributed by atoms with E-state index >= 15 is 0 Å². The maximum absolute atomic E-state index is 9.65. The van der Waals surface area contributed by atoms with Crippen molar-refractivity contribution < 1.29 is 14.6 Å². The lowest BCUT2D eigenvalue weighted by Gasteiger charge is -2.26. The molecule has 2 N–H and O–H groups in total. The summed E-state index contributed by atoms with van der Waals surface area (Å²) in [4.78, 5) is 0. The maximum Gasteiger partial charge on any atom is 0.119 e. The molecule has 0 spiro atoms. The molecule has 19 heavy (non-hydrogen) atoms. The van der Waals surface area contributed by atoms with Crippen LogP contribution in [0.3, 0.4) is 0 Å². The number of hydrogen-bond donors (Lipinski definition) is 2. The number of ether oxygens (including phenoxy) is 2. The summed E-state index contributed by atoms with van der Waals surface area (Å²) in [7, 11) is 3.30. The van der Waals surface area contributed by atoms with E-state index in [0.717, 1.165) is 25.0 Å². The first-order chi connectivity index (χ1) is 9.22. The van der Waals surface area contributed by atoms with Gasteiger partial charge in [0.1, 0.15) is 5.75 Å². The molecule has 0 bridgehead atoms. The van der Waals surface area contributed by atoms with Crippen molar-refractivity contribution in [3.05, 3.63) is 29.3 Å². The van der Waals surface area contributed by atoms with Crippen molar-refractivity contribution in [2.24, 2.45) is 0 Å². The van der Waals surface area contributed by atoms with E-state index in [2.05, 4.69) is 17.4 Å². The van der Waals surface area contributed by atoms with E-state index in [9.17, 15) is 5.11 Å². The van der Waals surface area contributed by atoms with Crippen LogP contribution in [0.15, 0.2) is 18.2 Å². The Morgan fingerprint density at radius 3 is 2.95 bits per heavy atom. The fraction of sp³-hybridized carbons (Fsp3) is 0.600. The molecular formula is C15H23NO3. The normalized spacial score (nSPS) is 19.8. The zero-order valence-corrected chi connectivity index (χ0v) is 11.7. The topological polar surface area (TPSA) is 50.7 Å². The van der Waals surface area contributed by atoms with E-state index < -0.39 is 6.10 Å². The number of hydrogen-bond acceptors (Lipinski definition) is 4. The van der Waals surface area contributed by atoms with Crippen molar-refractivity contribution in [2.45, 2.75) is 31.4 Å². The number of aliphatic hydroxyl groups excluding tert-OH is 1. The van der Waals surface area contributed by atoms with Gasteiger partial charge in [0, 0.05) is 19.7 Å². The highest BCUT2D eigenvalue weighted by Crippen LogP contribution is 2.25. The molecule has 0 aliphatic heterocycles. The van der Waals surface area contributed by atoms with Crippen LogP contribution < -0.4 is 10.1 Å². The van der Waals surface area contributed by atoms with Gasteiger partial charge in [-0.2, -0.15) is 0 Å². The summed E-state index contributed by atoms with van der Waals surface area (Å²) >= 11 is 0. The number of aliphatic hydroxyl groups is 1. The van der Waals surface area contributed by atoms with Crippen LogP contribution in [0.2, 0.25) is 0 Å². The van der Waals surface area contributed by atoms with Crippen molar-refractivity contribution in [3.8, 4) is 5.75 Å². The molecule has 0 fully saturated rings. The third-order valence-electron chi connectivity index (χ3n) is 3.64. The van der Waals surface area contributed by atoms with Crippen LogP contribution in [-0.4, -0.2) is 44.6 Å². The number of methoxy groups -OCH3 is 2. The molecule has 2 unspecified atom stereocenters. The van der Waals surface area contributed by atoms with Crippen molar-refractivity contribution in [1.82, 2.24) is 5.32 Å². The summed E-state index contributed by atoms with van der Waals surface area (Å²) in [6.07, 6.45) is 2.75. The smallest absolute Gasteiger partial charge is 0.119 e. The lowest BCUT2D eigenvalue weighted by atomic mass is 9.88. The molecule has 0 heterocycles. The Bertz CT molecular complexity index is 408. The van der Waals surface area contributed by atoms with Crippen molar-refractivity contribution in [2.75, 3.05) is 27.4 Å². The summed E-state index contributed by atoms with van der Waals surface area (Å²) in [5.74, 6) is 0.916. The third-order valence-corrected chi connectivity index (χ3v) is 3.64. The fourth-order valence-electron chi connectivity index (χ4n) is 2.59. The van der Waals surface area contributed by atoms with Gasteiger partial charge in [-0.3, -0.25) is 0 Å². The van der Waals surface area contributed by atoms with E-state index in [-0.39, 0.29) is 0 Å². The SMILES string of the molecule is COCC(O)CNC1CCc2ccc(OC)cc2C1. The predicted octanol–water partition coefficient (Wildman–Crippen LogP) is 1.15. The lowest BCUT2D eigenvalue weighted by molar-refractivity contribution is 0.0623. The first-order valence-electron chi connectivity index (χ1n) is 6.79. The molecule has 0 saturated heterocycles. The number of nitrogens with one attached hydrogen (secondary N) is 1. The summed E-state index contributed by atoms with van der Waals surface area (Å²) in [6.45, 7) is 0.960. The average molecular weight is 265 g/mol. The van der Waals surface area contributed by atoms with Gasteiger partial charge in [0.25, 0.3) is 0 Å². The Morgan fingerprint density at radius 2 is 2.21 bits per heavy atom. The Morgan fingerprint density at radius 1 is 1.37 bits per heavy atom. The van der Waals surface area contributed by atoms with Gasteiger partial charge in [0.05, 0.1) is 19.8 Å². The molecular weight excluding hydrogens is 242 g/mol. The maximum atomic E-state index is 9.65. The van der Waals surface area contributed by atoms with Gasteiger partial charge in [-0.25, -0.2) is 0 Å². The molecule has 1 aliphatic carbocycles. The van der Waals surface area contributed by atoms with Gasteiger partial charge in [-0.15, -0.1) is 0 Å². The van der Waals surface area contributed by atoms with Gasteiger partial charge in [0.15, 0.2) is 0 Å². The highest BCUT2D eigenvalue weighted by molar-refractivity contribution is 5.37. The van der Waals surface area contributed by atoms with Crippen LogP contribution >= 0.6 is 0 Å². The van der Waals surface area contributed by atoms with E-state index in [0.29, 0.717) is 19.2 Å². The fourth-order valence-corrected chi connectivity index (χ4v) is 2.59. The second-order valence-electron chi connectivity index (χ2n) is 5.09. The van der Waals surface area contributed by atoms with Gasteiger partial charge in [0.2, 0.25) is 0 Å². The molecule has 0 aromatic heterocycles. The Kier molecular flexibility index (Phi) is 5.19. The van der Waals surface area contributed by atoms with Crippen molar-refractivity contribution in [1.29, 1.82) is 0 Å². The molecule has 2 rings (SSSR count). The highest BCUT2D eigenvalue weighted by atomic mass is 16.5. The van der Waals surface area contributed by atoms with Crippen LogP contribution in [0.5, 0.6) is 5.75 Å². The van der Waals surface area contributed by atoms with Crippen LogP contribution in [0, 0.1) is 0 Å². The molecule has 1 aliphatic rings. The Hall–Kier alpha value is -1.10. The number of benzene rings is 1. The molecule has 0 radical (unpaired) electrons. The van der Waals surface area contributed by atoms with Crippen molar-refractivity contribution >= 4 is 0 Å². The monoisotopic (exact) mass is 265 g/mol. The molecule has 0 amide bonds. The molecule has 2 atom stereocenters. The van der Waals surface area contributed by atoms with Crippen LogP contribution in [0.25, 0.3) is 0 Å². The standard InChI is InChI=1S/C15H23NO3/c1-18-10-14(17)9-16-13-5-3-11-4-6-15(19-2)8-12(11)7-13/h4,6,8,13-14,16-17H,3,5,7,9-10H2,1-2H3. The van der Waals surface area contributed by atoms with E-state index in [1.807, 2.05) is 6.07 Å². The van der Waals surface area contributed by atoms with Crippen LogP contribution in [-0.2, 0) is 17.6 Å². The molecule has 4 nitrogen and oxygen atoms in total. The minimum atomic E-state index is -0.434. The van der Waals surface area contributed by atoms with E-state index in [4.69, 9.17) is 9.47 Å². The van der Waals surface area contributed by atoms with Gasteiger partial charge in [-0.1, -0.05) is 6.07 Å². The minimum Gasteiger partial charge on any atom is -0.497 e. The quantitative estimate of drug-likeness (QED) is 0.810. The Labute approximate surface area is 114 Å².